The van der Waals surface area contributed by atoms with Gasteiger partial charge < -0.3 is 15.4 Å². The highest BCUT2D eigenvalue weighted by atomic mass is 35.5. The minimum absolute atomic E-state index is 0.335. The van der Waals surface area contributed by atoms with Gasteiger partial charge in [-0.1, -0.05) is 11.6 Å². The number of hydrogen-bond donors (Lipinski definition) is 2. The van der Waals surface area contributed by atoms with Crippen molar-refractivity contribution >= 4 is 50.6 Å². The van der Waals surface area contributed by atoms with Crippen LogP contribution in [0.3, 0.4) is 0 Å². The highest BCUT2D eigenvalue weighted by Gasteiger charge is 2.20. The highest BCUT2D eigenvalue weighted by Crippen LogP contribution is 2.40. The van der Waals surface area contributed by atoms with E-state index in [2.05, 4.69) is 20.6 Å². The van der Waals surface area contributed by atoms with E-state index in [0.29, 0.717) is 28.0 Å². The van der Waals surface area contributed by atoms with Crippen molar-refractivity contribution in [3.8, 4) is 11.6 Å². The molecule has 2 aromatic heterocycles. The lowest BCUT2D eigenvalue weighted by Gasteiger charge is -2.12. The summed E-state index contributed by atoms with van der Waals surface area (Å²) in [5, 5.41) is 7.21. The Hall–Kier alpha value is -3.16. The number of rotatable bonds is 4. The average molecular weight is 451 g/mol. The maximum atomic E-state index is 12.2. The van der Waals surface area contributed by atoms with Crippen molar-refractivity contribution in [2.75, 3.05) is 10.6 Å². The maximum Gasteiger partial charge on any atom is 0.323 e. The van der Waals surface area contributed by atoms with Gasteiger partial charge in [0.25, 0.3) is 0 Å². The standard InChI is InChI=1S/C23H19ClN4O2S/c24-14-5-7-15(8-6-14)27-23(29)28-16-9-11-17(12-10-16)30-21-20-18-3-1-2-4-19(18)31-22(20)26-13-25-21/h5-13H,1-4H2,(H2,27,28,29). The minimum atomic E-state index is -0.335. The Morgan fingerprint density at radius 3 is 2.35 bits per heavy atom. The van der Waals surface area contributed by atoms with E-state index in [1.54, 1.807) is 54.1 Å². The number of nitrogens with one attached hydrogen (secondary N) is 2. The molecule has 0 atom stereocenters. The number of fused-ring (bicyclic) bond motifs is 3. The summed E-state index contributed by atoms with van der Waals surface area (Å²) in [6.45, 7) is 0. The second kappa shape index (κ2) is 8.53. The van der Waals surface area contributed by atoms with Gasteiger partial charge in [0.15, 0.2) is 0 Å². The van der Waals surface area contributed by atoms with Crippen molar-refractivity contribution in [2.24, 2.45) is 0 Å². The number of amides is 2. The summed E-state index contributed by atoms with van der Waals surface area (Å²) in [5.74, 6) is 1.24. The van der Waals surface area contributed by atoms with Crippen LogP contribution in [-0.4, -0.2) is 16.0 Å². The van der Waals surface area contributed by atoms with Gasteiger partial charge in [-0.05, 0) is 79.8 Å². The second-order valence-electron chi connectivity index (χ2n) is 7.28. The zero-order valence-corrected chi connectivity index (χ0v) is 18.1. The highest BCUT2D eigenvalue weighted by molar-refractivity contribution is 7.18. The largest absolute Gasteiger partial charge is 0.438 e. The van der Waals surface area contributed by atoms with Crippen LogP contribution in [0.25, 0.3) is 10.2 Å². The molecular formula is C23H19ClN4O2S. The normalized spacial score (nSPS) is 12.9. The van der Waals surface area contributed by atoms with E-state index in [1.807, 2.05) is 12.1 Å². The number of hydrogen-bond acceptors (Lipinski definition) is 5. The molecule has 2 aromatic carbocycles. The zero-order chi connectivity index (χ0) is 21.2. The first-order chi connectivity index (χ1) is 15.2. The molecule has 2 N–H and O–H groups in total. The molecule has 5 rings (SSSR count). The van der Waals surface area contributed by atoms with Gasteiger partial charge >= 0.3 is 6.03 Å². The van der Waals surface area contributed by atoms with Crippen LogP contribution < -0.4 is 15.4 Å². The van der Waals surface area contributed by atoms with Crippen LogP contribution in [0.5, 0.6) is 11.6 Å². The summed E-state index contributed by atoms with van der Waals surface area (Å²) in [7, 11) is 0. The van der Waals surface area contributed by atoms with Crippen LogP contribution in [0.15, 0.2) is 54.9 Å². The lowest BCUT2D eigenvalue weighted by Crippen LogP contribution is -2.19. The molecule has 2 amide bonds. The fraction of sp³-hybridized carbons (Fsp3) is 0.174. The first kappa shape index (κ1) is 19.8. The Labute approximate surface area is 188 Å². The summed E-state index contributed by atoms with van der Waals surface area (Å²) in [6, 6.07) is 13.8. The third-order valence-corrected chi connectivity index (χ3v) is 6.60. The number of ether oxygens (including phenoxy) is 1. The average Bonchev–Trinajstić information content (AvgIpc) is 3.16. The van der Waals surface area contributed by atoms with Gasteiger partial charge in [-0.15, -0.1) is 11.3 Å². The molecule has 0 spiro atoms. The number of aryl methyl sites for hydroxylation is 2. The maximum absolute atomic E-state index is 12.2. The Kier molecular flexibility index (Phi) is 5.44. The van der Waals surface area contributed by atoms with E-state index >= 15 is 0 Å². The molecule has 156 valence electrons. The van der Waals surface area contributed by atoms with Crippen LogP contribution in [0.4, 0.5) is 16.2 Å². The third-order valence-electron chi connectivity index (χ3n) is 5.15. The van der Waals surface area contributed by atoms with E-state index in [-0.39, 0.29) is 6.03 Å². The fourth-order valence-corrected chi connectivity index (χ4v) is 5.03. The molecule has 1 aliphatic rings. The molecule has 0 unspecified atom stereocenters. The monoisotopic (exact) mass is 450 g/mol. The molecule has 31 heavy (non-hydrogen) atoms. The van der Waals surface area contributed by atoms with E-state index < -0.39 is 0 Å². The SMILES string of the molecule is O=C(Nc1ccc(Cl)cc1)Nc1ccc(Oc2ncnc3sc4c(c23)CCCC4)cc1. The van der Waals surface area contributed by atoms with Crippen LogP contribution in [0.2, 0.25) is 5.02 Å². The smallest absolute Gasteiger partial charge is 0.323 e. The van der Waals surface area contributed by atoms with Crippen LogP contribution in [0.1, 0.15) is 23.3 Å². The topological polar surface area (TPSA) is 76.1 Å². The molecule has 0 saturated heterocycles. The first-order valence-electron chi connectivity index (χ1n) is 10.0. The summed E-state index contributed by atoms with van der Waals surface area (Å²) in [5.41, 5.74) is 2.65. The Morgan fingerprint density at radius 2 is 1.61 bits per heavy atom. The quantitative estimate of drug-likeness (QED) is 0.364. The summed E-state index contributed by atoms with van der Waals surface area (Å²) in [4.78, 5) is 23.4. The molecule has 0 bridgehead atoms. The first-order valence-corrected chi connectivity index (χ1v) is 11.2. The molecule has 0 radical (unpaired) electrons. The van der Waals surface area contributed by atoms with E-state index in [0.717, 1.165) is 23.1 Å². The fourth-order valence-electron chi connectivity index (χ4n) is 3.68. The third kappa shape index (κ3) is 4.33. The molecule has 1 aliphatic carbocycles. The predicted molar refractivity (Wildman–Crippen MR) is 125 cm³/mol. The van der Waals surface area contributed by atoms with Gasteiger partial charge in [-0.3, -0.25) is 0 Å². The molecule has 4 aromatic rings. The van der Waals surface area contributed by atoms with Gasteiger partial charge in [0.1, 0.15) is 16.9 Å². The van der Waals surface area contributed by atoms with Crippen LogP contribution in [-0.2, 0) is 12.8 Å². The predicted octanol–water partition coefficient (Wildman–Crippen LogP) is 6.66. The zero-order valence-electron chi connectivity index (χ0n) is 16.5. The Morgan fingerprint density at radius 1 is 0.935 bits per heavy atom. The van der Waals surface area contributed by atoms with Crippen molar-refractivity contribution in [3.63, 3.8) is 0 Å². The van der Waals surface area contributed by atoms with Crippen molar-refractivity contribution in [1.82, 2.24) is 9.97 Å². The van der Waals surface area contributed by atoms with Gasteiger partial charge in [-0.2, -0.15) is 0 Å². The number of carbonyl (C=O) groups excluding carboxylic acids is 1. The van der Waals surface area contributed by atoms with Crippen LogP contribution in [0, 0.1) is 0 Å². The molecular weight excluding hydrogens is 432 g/mol. The number of thiophene rings is 1. The lowest BCUT2D eigenvalue weighted by atomic mass is 9.97. The summed E-state index contributed by atoms with van der Waals surface area (Å²) in [6.07, 6.45) is 6.12. The Bertz CT molecular complexity index is 1240. The summed E-state index contributed by atoms with van der Waals surface area (Å²) < 4.78 is 6.10. The molecule has 8 heteroatoms. The van der Waals surface area contributed by atoms with Gasteiger partial charge in [-0.25, -0.2) is 14.8 Å². The van der Waals surface area contributed by atoms with Crippen molar-refractivity contribution < 1.29 is 9.53 Å². The number of carbonyl (C=O) groups is 1. The molecule has 0 fully saturated rings. The number of nitrogens with zero attached hydrogens (tertiary/aromatic N) is 2. The van der Waals surface area contributed by atoms with Crippen LogP contribution >= 0.6 is 22.9 Å². The van der Waals surface area contributed by atoms with Crippen molar-refractivity contribution in [1.29, 1.82) is 0 Å². The van der Waals surface area contributed by atoms with E-state index in [1.165, 1.54) is 23.3 Å². The van der Waals surface area contributed by atoms with Crippen molar-refractivity contribution in [3.05, 3.63) is 70.3 Å². The molecule has 6 nitrogen and oxygen atoms in total. The van der Waals surface area contributed by atoms with Gasteiger partial charge in [0, 0.05) is 21.3 Å². The van der Waals surface area contributed by atoms with Gasteiger partial charge in [0.05, 0.1) is 5.39 Å². The van der Waals surface area contributed by atoms with Crippen molar-refractivity contribution in [2.45, 2.75) is 25.7 Å². The van der Waals surface area contributed by atoms with E-state index in [4.69, 9.17) is 16.3 Å². The van der Waals surface area contributed by atoms with E-state index in [9.17, 15) is 4.79 Å². The minimum Gasteiger partial charge on any atom is -0.438 e. The number of anilines is 2. The van der Waals surface area contributed by atoms with Gasteiger partial charge in [0.2, 0.25) is 5.88 Å². The number of halogens is 1. The number of urea groups is 1. The Balaban J connectivity index is 1.29. The summed E-state index contributed by atoms with van der Waals surface area (Å²) >= 11 is 7.61. The molecule has 0 saturated carbocycles. The number of aromatic nitrogens is 2. The molecule has 0 aliphatic heterocycles. The number of benzene rings is 2. The second-order valence-corrected chi connectivity index (χ2v) is 8.80. The molecule has 2 heterocycles. The lowest BCUT2D eigenvalue weighted by molar-refractivity contribution is 0.262.